The fourth-order valence-corrected chi connectivity index (χ4v) is 5.19. The summed E-state index contributed by atoms with van der Waals surface area (Å²) in [4.78, 5) is 72.3. The zero-order valence-corrected chi connectivity index (χ0v) is 35.2. The molecule has 0 radical (unpaired) electrons. The Bertz CT molecular complexity index is 1110. The van der Waals surface area contributed by atoms with Gasteiger partial charge in [-0.05, 0) is 71.1 Å². The number of rotatable bonds is 36. The van der Waals surface area contributed by atoms with Gasteiger partial charge in [-0.3, -0.25) is 0 Å². The van der Waals surface area contributed by atoms with Crippen LogP contribution < -0.4 is 21.3 Å². The largest absolute Gasteiger partial charge is 0.461 e. The second-order valence-corrected chi connectivity index (χ2v) is 13.9. The maximum Gasteiger partial charge on any atom is 0.407 e. The van der Waals surface area contributed by atoms with E-state index < -0.39 is 36.3 Å². The van der Waals surface area contributed by atoms with Gasteiger partial charge in [0, 0.05) is 25.2 Å². The zero-order valence-electron chi connectivity index (χ0n) is 35.2. The molecular formula is C41H74N4O12. The molecule has 0 aliphatic heterocycles. The lowest BCUT2D eigenvalue weighted by Crippen LogP contribution is -2.42. The van der Waals surface area contributed by atoms with Crippen molar-refractivity contribution in [3.05, 3.63) is 12.2 Å². The molecule has 16 heteroatoms. The maximum atomic E-state index is 12.7. The van der Waals surface area contributed by atoms with E-state index in [0.717, 1.165) is 64.2 Å². The van der Waals surface area contributed by atoms with Gasteiger partial charge in [0.2, 0.25) is 0 Å². The Morgan fingerprint density at radius 2 is 0.807 bits per heavy atom. The van der Waals surface area contributed by atoms with Gasteiger partial charge >= 0.3 is 36.3 Å². The molecule has 57 heavy (non-hydrogen) atoms. The van der Waals surface area contributed by atoms with E-state index in [1.54, 1.807) is 0 Å². The van der Waals surface area contributed by atoms with E-state index in [9.17, 15) is 28.8 Å². The van der Waals surface area contributed by atoms with Crippen LogP contribution in [0.25, 0.3) is 0 Å². The molecule has 0 spiro atoms. The summed E-state index contributed by atoms with van der Waals surface area (Å²) >= 11 is 0. The molecule has 1 unspecified atom stereocenters. The van der Waals surface area contributed by atoms with Gasteiger partial charge in [0.15, 0.2) is 0 Å². The van der Waals surface area contributed by atoms with Gasteiger partial charge in [-0.1, -0.05) is 84.6 Å². The molecule has 0 aromatic rings. The Balaban J connectivity index is 4.05. The highest BCUT2D eigenvalue weighted by Crippen LogP contribution is 2.08. The van der Waals surface area contributed by atoms with Crippen molar-refractivity contribution in [1.29, 1.82) is 0 Å². The molecule has 0 bridgehead atoms. The van der Waals surface area contributed by atoms with Gasteiger partial charge in [-0.2, -0.15) is 0 Å². The van der Waals surface area contributed by atoms with Crippen LogP contribution in [-0.4, -0.2) is 102 Å². The van der Waals surface area contributed by atoms with Gasteiger partial charge in [0.05, 0.1) is 26.4 Å². The zero-order chi connectivity index (χ0) is 42.2. The summed E-state index contributed by atoms with van der Waals surface area (Å²) in [6.45, 7) is 11.3. The average Bonchev–Trinajstić information content (AvgIpc) is 3.18. The molecule has 330 valence electrons. The van der Waals surface area contributed by atoms with E-state index in [0.29, 0.717) is 45.4 Å². The Morgan fingerprint density at radius 1 is 0.439 bits per heavy atom. The lowest BCUT2D eigenvalue weighted by Gasteiger charge is -2.18. The van der Waals surface area contributed by atoms with Crippen molar-refractivity contribution in [2.45, 2.75) is 155 Å². The number of ether oxygens (including phenoxy) is 6. The number of hydrogen-bond donors (Lipinski definition) is 4. The molecule has 0 saturated carbocycles. The fraction of sp³-hybridized carbons (Fsp3) is 0.805. The summed E-state index contributed by atoms with van der Waals surface area (Å²) in [5.41, 5.74) is 0.224. The van der Waals surface area contributed by atoms with Crippen LogP contribution in [0.1, 0.15) is 149 Å². The summed E-state index contributed by atoms with van der Waals surface area (Å²) in [5.74, 6) is -1.28. The van der Waals surface area contributed by atoms with E-state index in [2.05, 4.69) is 41.7 Å². The van der Waals surface area contributed by atoms with Crippen molar-refractivity contribution in [3.8, 4) is 0 Å². The lowest BCUT2D eigenvalue weighted by molar-refractivity contribution is -0.151. The SMILES string of the molecule is C=C(C)C(=O)OCCOC(=O)C(CCCCNC(=O)OCCCCOC(=O)NCCCCCNC(=O)OCCCCCCCC)NC(=O)OCCCCCCCC. The Kier molecular flexibility index (Phi) is 35.8. The number of esters is 2. The number of unbranched alkanes of at least 4 members (excludes halogenated alkanes) is 14. The van der Waals surface area contributed by atoms with E-state index in [1.165, 1.54) is 39.0 Å². The third-order valence-electron chi connectivity index (χ3n) is 8.53. The van der Waals surface area contributed by atoms with Crippen molar-refractivity contribution in [3.63, 3.8) is 0 Å². The van der Waals surface area contributed by atoms with Gasteiger partial charge in [0.1, 0.15) is 19.3 Å². The molecule has 0 heterocycles. The van der Waals surface area contributed by atoms with Crippen LogP contribution in [-0.2, 0) is 38.0 Å². The molecule has 4 amide bonds. The first-order valence-electron chi connectivity index (χ1n) is 21.2. The number of alkyl carbamates (subject to hydrolysis) is 4. The summed E-state index contributed by atoms with van der Waals surface area (Å²) in [5, 5.41) is 10.6. The molecular weight excluding hydrogens is 740 g/mol. The molecule has 0 aromatic heterocycles. The van der Waals surface area contributed by atoms with Crippen LogP contribution in [0.3, 0.4) is 0 Å². The highest BCUT2D eigenvalue weighted by Gasteiger charge is 2.23. The van der Waals surface area contributed by atoms with E-state index in [1.807, 2.05) is 0 Å². The Morgan fingerprint density at radius 3 is 1.26 bits per heavy atom. The molecule has 1 atom stereocenters. The van der Waals surface area contributed by atoms with E-state index >= 15 is 0 Å². The second kappa shape index (κ2) is 38.6. The third-order valence-corrected chi connectivity index (χ3v) is 8.53. The van der Waals surface area contributed by atoms with Crippen molar-refractivity contribution in [2.24, 2.45) is 0 Å². The minimum Gasteiger partial charge on any atom is -0.461 e. The monoisotopic (exact) mass is 815 g/mol. The van der Waals surface area contributed by atoms with Crippen LogP contribution in [0, 0.1) is 0 Å². The van der Waals surface area contributed by atoms with Crippen molar-refractivity contribution >= 4 is 36.3 Å². The smallest absolute Gasteiger partial charge is 0.407 e. The predicted octanol–water partition coefficient (Wildman–Crippen LogP) is 7.76. The van der Waals surface area contributed by atoms with Crippen LogP contribution in [0.15, 0.2) is 12.2 Å². The number of hydrogen-bond acceptors (Lipinski definition) is 12. The van der Waals surface area contributed by atoms with Gasteiger partial charge in [0.25, 0.3) is 0 Å². The van der Waals surface area contributed by atoms with Crippen molar-refractivity contribution in [2.75, 3.05) is 59.3 Å². The van der Waals surface area contributed by atoms with Crippen LogP contribution >= 0.6 is 0 Å². The highest BCUT2D eigenvalue weighted by molar-refractivity contribution is 5.87. The topological polar surface area (TPSA) is 206 Å². The first kappa shape index (κ1) is 52.8. The standard InChI is InChI=1S/C41H74N4O12/c1-5-7-9-11-13-20-28-54-38(48)42-25-17-15-18-26-43-39(49)55-30-22-23-31-56-40(50)44-27-19-16-24-35(37(47)53-33-32-52-36(46)34(3)4)45-41(51)57-29-21-14-12-10-8-6-2/h35H,3,5-33H2,1-2,4H3,(H,42,48)(H,43,49)(H,44,50)(H,45,51). The number of carbonyl (C=O) groups is 6. The molecule has 0 aromatic carbocycles. The van der Waals surface area contributed by atoms with E-state index in [4.69, 9.17) is 28.4 Å². The van der Waals surface area contributed by atoms with Crippen LogP contribution in [0.5, 0.6) is 0 Å². The summed E-state index contributed by atoms with van der Waals surface area (Å²) in [7, 11) is 0. The van der Waals surface area contributed by atoms with Gasteiger partial charge < -0.3 is 49.7 Å². The minimum absolute atomic E-state index is 0.150. The summed E-state index contributed by atoms with van der Waals surface area (Å²) in [6, 6.07) is -0.985. The Hall–Kier alpha value is -4.24. The minimum atomic E-state index is -0.985. The van der Waals surface area contributed by atoms with Crippen molar-refractivity contribution in [1.82, 2.24) is 21.3 Å². The quantitative estimate of drug-likeness (QED) is 0.0207. The molecule has 0 fully saturated rings. The molecule has 0 rings (SSSR count). The summed E-state index contributed by atoms with van der Waals surface area (Å²) in [6.07, 6.45) is 15.4. The number of nitrogens with one attached hydrogen (secondary N) is 4. The highest BCUT2D eigenvalue weighted by atomic mass is 16.6. The molecule has 0 aliphatic rings. The van der Waals surface area contributed by atoms with Crippen molar-refractivity contribution < 1.29 is 57.2 Å². The third kappa shape index (κ3) is 35.9. The molecule has 16 nitrogen and oxygen atoms in total. The lowest BCUT2D eigenvalue weighted by atomic mass is 10.1. The number of carbonyl (C=O) groups excluding carboxylic acids is 6. The first-order valence-corrected chi connectivity index (χ1v) is 21.2. The van der Waals surface area contributed by atoms with E-state index in [-0.39, 0.29) is 57.7 Å². The van der Waals surface area contributed by atoms with Gasteiger partial charge in [-0.15, -0.1) is 0 Å². The average molecular weight is 815 g/mol. The normalized spacial score (nSPS) is 11.1. The second-order valence-electron chi connectivity index (χ2n) is 13.9. The maximum absolute atomic E-state index is 12.7. The molecule has 4 N–H and O–H groups in total. The van der Waals surface area contributed by atoms with Gasteiger partial charge in [-0.25, -0.2) is 28.8 Å². The first-order chi connectivity index (χ1) is 27.6. The van der Waals surface area contributed by atoms with Crippen LogP contribution in [0.2, 0.25) is 0 Å². The van der Waals surface area contributed by atoms with Crippen LogP contribution in [0.4, 0.5) is 19.2 Å². The number of amides is 4. The summed E-state index contributed by atoms with van der Waals surface area (Å²) < 4.78 is 30.9. The predicted molar refractivity (Wildman–Crippen MR) is 217 cm³/mol. The molecule has 0 aliphatic carbocycles. The molecule has 0 saturated heterocycles. The fourth-order valence-electron chi connectivity index (χ4n) is 5.19. The Labute approximate surface area is 340 Å².